The van der Waals surface area contributed by atoms with E-state index in [1.807, 2.05) is 13.0 Å². The van der Waals surface area contributed by atoms with E-state index in [-0.39, 0.29) is 24.3 Å². The lowest BCUT2D eigenvalue weighted by Crippen LogP contribution is -2.49. The third-order valence-corrected chi connectivity index (χ3v) is 2.58. The molecular formula is C11H14ClN3O2. The van der Waals surface area contributed by atoms with Gasteiger partial charge in [0.25, 0.3) is 0 Å². The van der Waals surface area contributed by atoms with E-state index in [1.165, 1.54) is 4.90 Å². The highest BCUT2D eigenvalue weighted by Gasteiger charge is 2.25. The standard InChI is InChI=1S/C11H13N3O2.ClH/c1-7-2-3-8(12)6-9(7)14-5-4-10(15)13-11(14)16;/h2-3,6H,4-5,12H2,1H3,(H,13,15,16);1H. The second-order valence-electron chi connectivity index (χ2n) is 3.80. The van der Waals surface area contributed by atoms with E-state index in [1.54, 1.807) is 12.1 Å². The van der Waals surface area contributed by atoms with E-state index in [2.05, 4.69) is 5.32 Å². The number of hydrogen-bond acceptors (Lipinski definition) is 3. The molecule has 2 rings (SSSR count). The summed E-state index contributed by atoms with van der Waals surface area (Å²) in [7, 11) is 0. The molecule has 0 atom stereocenters. The third kappa shape index (κ3) is 2.68. The molecule has 5 nitrogen and oxygen atoms in total. The zero-order valence-electron chi connectivity index (χ0n) is 9.40. The first-order valence-electron chi connectivity index (χ1n) is 5.05. The van der Waals surface area contributed by atoms with Crippen molar-refractivity contribution in [3.05, 3.63) is 23.8 Å². The number of nitrogens with one attached hydrogen (secondary N) is 1. The monoisotopic (exact) mass is 255 g/mol. The number of benzene rings is 1. The zero-order valence-corrected chi connectivity index (χ0v) is 10.2. The molecule has 0 saturated carbocycles. The molecule has 1 aliphatic heterocycles. The topological polar surface area (TPSA) is 75.4 Å². The second-order valence-corrected chi connectivity index (χ2v) is 3.80. The number of halogens is 1. The van der Waals surface area contributed by atoms with E-state index in [9.17, 15) is 9.59 Å². The van der Waals surface area contributed by atoms with Crippen molar-refractivity contribution in [1.29, 1.82) is 0 Å². The summed E-state index contributed by atoms with van der Waals surface area (Å²) in [5.41, 5.74) is 8.00. The second kappa shape index (κ2) is 5.05. The molecule has 6 heteroatoms. The molecule has 0 aromatic heterocycles. The lowest BCUT2D eigenvalue weighted by molar-refractivity contribution is -0.120. The van der Waals surface area contributed by atoms with Gasteiger partial charge < -0.3 is 5.73 Å². The van der Waals surface area contributed by atoms with Gasteiger partial charge in [-0.15, -0.1) is 12.4 Å². The molecule has 0 radical (unpaired) electrons. The minimum atomic E-state index is -0.384. The molecule has 1 aliphatic rings. The molecule has 0 bridgehead atoms. The van der Waals surface area contributed by atoms with Crippen molar-refractivity contribution in [1.82, 2.24) is 5.32 Å². The Labute approximate surface area is 105 Å². The third-order valence-electron chi connectivity index (χ3n) is 2.58. The number of carbonyl (C=O) groups excluding carboxylic acids is 2. The number of carbonyl (C=O) groups is 2. The molecule has 1 saturated heterocycles. The summed E-state index contributed by atoms with van der Waals surface area (Å²) in [5, 5.41) is 2.28. The van der Waals surface area contributed by atoms with Crippen molar-refractivity contribution >= 4 is 35.7 Å². The Hall–Kier alpha value is -1.75. The van der Waals surface area contributed by atoms with Crippen LogP contribution in [-0.4, -0.2) is 18.5 Å². The number of imide groups is 1. The molecule has 1 aromatic rings. The number of nitrogens with zero attached hydrogens (tertiary/aromatic N) is 1. The van der Waals surface area contributed by atoms with Crippen LogP contribution in [0.5, 0.6) is 0 Å². The van der Waals surface area contributed by atoms with Gasteiger partial charge in [0, 0.05) is 18.7 Å². The molecule has 3 amide bonds. The molecule has 1 fully saturated rings. The fraction of sp³-hybridized carbons (Fsp3) is 0.273. The van der Waals surface area contributed by atoms with Gasteiger partial charge in [0.15, 0.2) is 0 Å². The Morgan fingerprint density at radius 1 is 1.35 bits per heavy atom. The molecule has 92 valence electrons. The number of hydrogen-bond donors (Lipinski definition) is 2. The number of rotatable bonds is 1. The van der Waals surface area contributed by atoms with E-state index in [0.717, 1.165) is 11.3 Å². The predicted octanol–water partition coefficient (Wildman–Crippen LogP) is 1.45. The fourth-order valence-corrected chi connectivity index (χ4v) is 1.71. The van der Waals surface area contributed by atoms with Gasteiger partial charge in [0.05, 0.1) is 5.69 Å². The van der Waals surface area contributed by atoms with Gasteiger partial charge in [-0.25, -0.2) is 4.79 Å². The Morgan fingerprint density at radius 2 is 2.06 bits per heavy atom. The van der Waals surface area contributed by atoms with E-state index < -0.39 is 0 Å². The van der Waals surface area contributed by atoms with Gasteiger partial charge in [-0.3, -0.25) is 15.0 Å². The van der Waals surface area contributed by atoms with Crippen molar-refractivity contribution in [3.8, 4) is 0 Å². The first-order chi connectivity index (χ1) is 7.58. The number of aryl methyl sites for hydroxylation is 1. The van der Waals surface area contributed by atoms with Crippen molar-refractivity contribution in [2.45, 2.75) is 13.3 Å². The summed E-state index contributed by atoms with van der Waals surface area (Å²) in [4.78, 5) is 24.2. The summed E-state index contributed by atoms with van der Waals surface area (Å²) in [5.74, 6) is -0.234. The lowest BCUT2D eigenvalue weighted by Gasteiger charge is -2.28. The summed E-state index contributed by atoms with van der Waals surface area (Å²) in [6, 6.07) is 5.00. The Kier molecular flexibility index (Phi) is 3.96. The Bertz CT molecular complexity index is 462. The summed E-state index contributed by atoms with van der Waals surface area (Å²) in [6.45, 7) is 2.30. The van der Waals surface area contributed by atoms with Crippen molar-refractivity contribution in [2.24, 2.45) is 0 Å². The number of nitrogens with two attached hydrogens (primary N) is 1. The van der Waals surface area contributed by atoms with Gasteiger partial charge in [-0.05, 0) is 24.6 Å². The summed E-state index contributed by atoms with van der Waals surface area (Å²) in [6.07, 6.45) is 0.319. The minimum absolute atomic E-state index is 0. The lowest BCUT2D eigenvalue weighted by atomic mass is 10.1. The van der Waals surface area contributed by atoms with Crippen LogP contribution in [-0.2, 0) is 4.79 Å². The van der Waals surface area contributed by atoms with Gasteiger partial charge >= 0.3 is 6.03 Å². The molecule has 3 N–H and O–H groups in total. The highest BCUT2D eigenvalue weighted by Crippen LogP contribution is 2.24. The van der Waals surface area contributed by atoms with Crippen LogP contribution in [0, 0.1) is 6.92 Å². The van der Waals surface area contributed by atoms with Crippen molar-refractivity contribution in [3.63, 3.8) is 0 Å². The van der Waals surface area contributed by atoms with Gasteiger partial charge in [0.2, 0.25) is 5.91 Å². The SMILES string of the molecule is Cc1ccc(N)cc1N1CCC(=O)NC1=O.Cl. The van der Waals surface area contributed by atoms with E-state index >= 15 is 0 Å². The smallest absolute Gasteiger partial charge is 0.328 e. The predicted molar refractivity (Wildman–Crippen MR) is 68.3 cm³/mol. The van der Waals surface area contributed by atoms with Crippen molar-refractivity contribution in [2.75, 3.05) is 17.2 Å². The van der Waals surface area contributed by atoms with Crippen LogP contribution in [0.25, 0.3) is 0 Å². The maximum Gasteiger partial charge on any atom is 0.328 e. The van der Waals surface area contributed by atoms with Gasteiger partial charge in [-0.1, -0.05) is 6.07 Å². The van der Waals surface area contributed by atoms with Crippen LogP contribution < -0.4 is 16.0 Å². The minimum Gasteiger partial charge on any atom is -0.399 e. The molecule has 1 aromatic carbocycles. The zero-order chi connectivity index (χ0) is 11.7. The fourth-order valence-electron chi connectivity index (χ4n) is 1.71. The van der Waals surface area contributed by atoms with Crippen LogP contribution in [0.1, 0.15) is 12.0 Å². The van der Waals surface area contributed by atoms with Crippen LogP contribution in [0.4, 0.5) is 16.2 Å². The number of anilines is 2. The number of urea groups is 1. The Morgan fingerprint density at radius 3 is 2.71 bits per heavy atom. The average molecular weight is 256 g/mol. The molecule has 17 heavy (non-hydrogen) atoms. The molecule has 0 unspecified atom stereocenters. The highest BCUT2D eigenvalue weighted by atomic mass is 35.5. The van der Waals surface area contributed by atoms with Gasteiger partial charge in [-0.2, -0.15) is 0 Å². The van der Waals surface area contributed by atoms with Crippen LogP contribution in [0.3, 0.4) is 0 Å². The normalized spacial score (nSPS) is 15.2. The van der Waals surface area contributed by atoms with Crippen LogP contribution in [0.2, 0.25) is 0 Å². The number of amides is 3. The Balaban J connectivity index is 0.00000144. The number of nitrogen functional groups attached to an aromatic ring is 1. The van der Waals surface area contributed by atoms with Crippen LogP contribution >= 0.6 is 12.4 Å². The summed E-state index contributed by atoms with van der Waals surface area (Å²) >= 11 is 0. The first-order valence-corrected chi connectivity index (χ1v) is 5.05. The average Bonchev–Trinajstić information content (AvgIpc) is 2.22. The largest absolute Gasteiger partial charge is 0.399 e. The quantitative estimate of drug-likeness (QED) is 0.746. The summed E-state index contributed by atoms with van der Waals surface area (Å²) < 4.78 is 0. The maximum absolute atomic E-state index is 11.6. The van der Waals surface area contributed by atoms with Crippen molar-refractivity contribution < 1.29 is 9.59 Å². The van der Waals surface area contributed by atoms with E-state index in [4.69, 9.17) is 5.73 Å². The molecule has 0 aliphatic carbocycles. The molecule has 0 spiro atoms. The van der Waals surface area contributed by atoms with Gasteiger partial charge in [0.1, 0.15) is 0 Å². The molecular weight excluding hydrogens is 242 g/mol. The van der Waals surface area contributed by atoms with Crippen LogP contribution in [0.15, 0.2) is 18.2 Å². The molecule has 1 heterocycles. The highest BCUT2D eigenvalue weighted by molar-refractivity contribution is 6.06. The van der Waals surface area contributed by atoms with E-state index in [0.29, 0.717) is 18.7 Å². The first kappa shape index (κ1) is 13.3. The maximum atomic E-state index is 11.6.